The minimum atomic E-state index is -3.26. The van der Waals surface area contributed by atoms with Crippen LogP contribution in [0.3, 0.4) is 0 Å². The van der Waals surface area contributed by atoms with E-state index in [9.17, 15) is 8.42 Å². The van der Waals surface area contributed by atoms with Crippen LogP contribution in [0.2, 0.25) is 0 Å². The van der Waals surface area contributed by atoms with Crippen LogP contribution in [0.1, 0.15) is 26.7 Å². The molecule has 0 aromatic carbocycles. The fourth-order valence-electron chi connectivity index (χ4n) is 0.873. The zero-order valence-electron chi connectivity index (χ0n) is 9.53. The highest BCUT2D eigenvalue weighted by Crippen LogP contribution is 1.94. The van der Waals surface area contributed by atoms with E-state index in [0.717, 1.165) is 12.8 Å². The number of rotatable bonds is 9. The van der Waals surface area contributed by atoms with Crippen molar-refractivity contribution in [3.63, 3.8) is 0 Å². The monoisotopic (exact) mass is 238 g/mol. The fraction of sp³-hybridized carbons (Fsp3) is 1.00. The molecule has 0 bridgehead atoms. The largest absolute Gasteiger partial charge is 0.380 e. The van der Waals surface area contributed by atoms with Gasteiger partial charge in [0.15, 0.2) is 0 Å². The maximum Gasteiger partial charge on any atom is 0.215 e. The third kappa shape index (κ3) is 6.83. The van der Waals surface area contributed by atoms with Crippen molar-refractivity contribution in [2.75, 3.05) is 26.3 Å². The molecule has 0 heterocycles. The SMILES string of the molecule is CCCCOCCNS(=O)(=O)C(C)CN. The Hall–Kier alpha value is -0.170. The first-order valence-corrected chi connectivity index (χ1v) is 6.85. The Morgan fingerprint density at radius 1 is 1.40 bits per heavy atom. The normalized spacial score (nSPS) is 14.1. The highest BCUT2D eigenvalue weighted by Gasteiger charge is 2.17. The van der Waals surface area contributed by atoms with E-state index in [4.69, 9.17) is 10.5 Å². The van der Waals surface area contributed by atoms with Gasteiger partial charge in [-0.1, -0.05) is 13.3 Å². The first-order chi connectivity index (χ1) is 7.04. The molecule has 0 fully saturated rings. The van der Waals surface area contributed by atoms with Crippen molar-refractivity contribution in [3.05, 3.63) is 0 Å². The molecule has 6 heteroatoms. The molecule has 15 heavy (non-hydrogen) atoms. The average molecular weight is 238 g/mol. The van der Waals surface area contributed by atoms with Crippen LogP contribution >= 0.6 is 0 Å². The summed E-state index contributed by atoms with van der Waals surface area (Å²) in [5.74, 6) is 0. The molecule has 0 aliphatic carbocycles. The maximum absolute atomic E-state index is 11.4. The zero-order chi connectivity index (χ0) is 11.7. The van der Waals surface area contributed by atoms with E-state index in [1.807, 2.05) is 0 Å². The molecule has 1 atom stereocenters. The minimum absolute atomic E-state index is 0.131. The van der Waals surface area contributed by atoms with Crippen molar-refractivity contribution >= 4 is 10.0 Å². The van der Waals surface area contributed by atoms with Crippen molar-refractivity contribution < 1.29 is 13.2 Å². The first-order valence-electron chi connectivity index (χ1n) is 5.31. The van der Waals surface area contributed by atoms with Crippen molar-refractivity contribution in [2.24, 2.45) is 5.73 Å². The molecular formula is C9H22N2O3S. The quantitative estimate of drug-likeness (QED) is 0.557. The number of hydrogen-bond donors (Lipinski definition) is 2. The van der Waals surface area contributed by atoms with Gasteiger partial charge in [0.1, 0.15) is 0 Å². The molecule has 0 aliphatic rings. The van der Waals surface area contributed by atoms with Gasteiger partial charge in [-0.15, -0.1) is 0 Å². The first kappa shape index (κ1) is 14.8. The van der Waals surface area contributed by atoms with E-state index in [1.165, 1.54) is 0 Å². The van der Waals surface area contributed by atoms with Crippen LogP contribution < -0.4 is 10.5 Å². The van der Waals surface area contributed by atoms with E-state index in [1.54, 1.807) is 6.92 Å². The Morgan fingerprint density at radius 3 is 2.60 bits per heavy atom. The number of nitrogens with one attached hydrogen (secondary N) is 1. The molecule has 92 valence electrons. The van der Waals surface area contributed by atoms with E-state index >= 15 is 0 Å². The predicted molar refractivity (Wildman–Crippen MR) is 61.2 cm³/mol. The van der Waals surface area contributed by atoms with Gasteiger partial charge in [0, 0.05) is 19.7 Å². The molecule has 1 unspecified atom stereocenters. The van der Waals surface area contributed by atoms with Crippen LogP contribution in [0, 0.1) is 0 Å². The third-order valence-corrected chi connectivity index (χ3v) is 3.91. The lowest BCUT2D eigenvalue weighted by molar-refractivity contribution is 0.136. The molecule has 0 aromatic rings. The van der Waals surface area contributed by atoms with Crippen LogP contribution in [-0.4, -0.2) is 40.0 Å². The molecule has 5 nitrogen and oxygen atoms in total. The van der Waals surface area contributed by atoms with Gasteiger partial charge in [-0.05, 0) is 13.3 Å². The van der Waals surface area contributed by atoms with Gasteiger partial charge in [-0.2, -0.15) is 0 Å². The van der Waals surface area contributed by atoms with E-state index in [0.29, 0.717) is 19.8 Å². The van der Waals surface area contributed by atoms with Crippen LogP contribution in [0.5, 0.6) is 0 Å². The van der Waals surface area contributed by atoms with E-state index in [-0.39, 0.29) is 6.54 Å². The lowest BCUT2D eigenvalue weighted by Gasteiger charge is -2.11. The molecule has 0 radical (unpaired) electrons. The Bertz CT molecular complexity index is 242. The van der Waals surface area contributed by atoms with Gasteiger partial charge in [0.05, 0.1) is 11.9 Å². The number of unbranched alkanes of at least 4 members (excludes halogenated alkanes) is 1. The standard InChI is InChI=1S/C9H22N2O3S/c1-3-4-6-14-7-5-11-15(12,13)9(2)8-10/h9,11H,3-8,10H2,1-2H3. The maximum atomic E-state index is 11.4. The minimum Gasteiger partial charge on any atom is -0.380 e. The van der Waals surface area contributed by atoms with Crippen LogP contribution in [0.4, 0.5) is 0 Å². The van der Waals surface area contributed by atoms with Gasteiger partial charge in [0.25, 0.3) is 0 Å². The van der Waals surface area contributed by atoms with Gasteiger partial charge in [0.2, 0.25) is 10.0 Å². The summed E-state index contributed by atoms with van der Waals surface area (Å²) in [6.07, 6.45) is 2.09. The van der Waals surface area contributed by atoms with Gasteiger partial charge in [-0.3, -0.25) is 0 Å². The smallest absolute Gasteiger partial charge is 0.215 e. The number of ether oxygens (including phenoxy) is 1. The highest BCUT2D eigenvalue weighted by molar-refractivity contribution is 7.90. The summed E-state index contributed by atoms with van der Waals surface area (Å²) < 4.78 is 30.5. The summed E-state index contributed by atoms with van der Waals surface area (Å²) >= 11 is 0. The van der Waals surface area contributed by atoms with Crippen molar-refractivity contribution in [3.8, 4) is 0 Å². The number of hydrogen-bond acceptors (Lipinski definition) is 4. The lowest BCUT2D eigenvalue weighted by atomic mass is 10.4. The van der Waals surface area contributed by atoms with Crippen molar-refractivity contribution in [1.29, 1.82) is 0 Å². The zero-order valence-corrected chi connectivity index (χ0v) is 10.3. The van der Waals surface area contributed by atoms with Crippen molar-refractivity contribution in [2.45, 2.75) is 31.9 Å². The average Bonchev–Trinajstić information content (AvgIpc) is 2.22. The summed E-state index contributed by atoms with van der Waals surface area (Å²) in [7, 11) is -3.26. The summed E-state index contributed by atoms with van der Waals surface area (Å²) in [6.45, 7) is 5.21. The second-order valence-electron chi connectivity index (χ2n) is 3.45. The van der Waals surface area contributed by atoms with Crippen LogP contribution in [0.15, 0.2) is 0 Å². The highest BCUT2D eigenvalue weighted by atomic mass is 32.2. The van der Waals surface area contributed by atoms with Crippen LogP contribution in [-0.2, 0) is 14.8 Å². The Kier molecular flexibility index (Phi) is 7.95. The molecule has 0 spiro atoms. The predicted octanol–water partition coefficient (Wildman–Crippen LogP) is 0.0697. The lowest BCUT2D eigenvalue weighted by Crippen LogP contribution is -2.38. The molecule has 0 amide bonds. The summed E-state index contributed by atoms with van der Waals surface area (Å²) in [5, 5.41) is -0.548. The molecule has 0 aromatic heterocycles. The van der Waals surface area contributed by atoms with Crippen molar-refractivity contribution in [1.82, 2.24) is 4.72 Å². The number of nitrogens with two attached hydrogens (primary N) is 1. The Balaban J connectivity index is 3.58. The molecule has 0 rings (SSSR count). The molecule has 0 saturated carbocycles. The summed E-state index contributed by atoms with van der Waals surface area (Å²) in [4.78, 5) is 0. The van der Waals surface area contributed by atoms with E-state index < -0.39 is 15.3 Å². The van der Waals surface area contributed by atoms with E-state index in [2.05, 4.69) is 11.6 Å². The van der Waals surface area contributed by atoms with Gasteiger partial charge < -0.3 is 10.5 Å². The molecule has 0 aliphatic heterocycles. The molecule has 0 saturated heterocycles. The van der Waals surface area contributed by atoms with Gasteiger partial charge >= 0.3 is 0 Å². The number of sulfonamides is 1. The van der Waals surface area contributed by atoms with Gasteiger partial charge in [-0.25, -0.2) is 13.1 Å². The molecule has 3 N–H and O–H groups in total. The Labute approximate surface area is 92.4 Å². The fourth-order valence-corrected chi connectivity index (χ4v) is 1.78. The summed E-state index contributed by atoms with van der Waals surface area (Å²) in [6, 6.07) is 0. The second kappa shape index (κ2) is 8.04. The Morgan fingerprint density at radius 2 is 2.07 bits per heavy atom. The molecular weight excluding hydrogens is 216 g/mol. The van der Waals surface area contributed by atoms with Crippen LogP contribution in [0.25, 0.3) is 0 Å². The summed E-state index contributed by atoms with van der Waals surface area (Å²) in [5.41, 5.74) is 5.28. The second-order valence-corrected chi connectivity index (χ2v) is 5.64. The third-order valence-electron chi connectivity index (χ3n) is 2.05. The topological polar surface area (TPSA) is 81.4 Å².